The van der Waals surface area contributed by atoms with Crippen LogP contribution in [0.4, 0.5) is 9.18 Å². The zero-order valence-electron chi connectivity index (χ0n) is 30.0. The SMILES string of the molecule is CC(C)(C)[Si](OC[C@@H]1CC[C@@]2(COc3nc(OC(=O)N4C5CCC4CNC5)c4cnc(Cl)c(F)c4n3)CCCN12)(c1ccccc1)c1ccccc1. The van der Waals surface area contributed by atoms with Crippen molar-refractivity contribution in [2.75, 3.05) is 32.8 Å². The highest BCUT2D eigenvalue weighted by atomic mass is 35.5. The smallest absolute Gasteiger partial charge is 0.417 e. The Bertz CT molecular complexity index is 1880. The van der Waals surface area contributed by atoms with Gasteiger partial charge in [-0.05, 0) is 60.5 Å². The minimum Gasteiger partial charge on any atom is -0.461 e. The molecule has 6 heterocycles. The lowest BCUT2D eigenvalue weighted by Crippen LogP contribution is -2.67. The predicted molar refractivity (Wildman–Crippen MR) is 201 cm³/mol. The fourth-order valence-corrected chi connectivity index (χ4v) is 14.1. The molecule has 1 amide bonds. The first-order valence-corrected chi connectivity index (χ1v) is 20.8. The molecule has 4 aliphatic heterocycles. The van der Waals surface area contributed by atoms with Crippen LogP contribution in [0.3, 0.4) is 0 Å². The van der Waals surface area contributed by atoms with Crippen LogP contribution in [0.1, 0.15) is 59.3 Å². The third-order valence-corrected chi connectivity index (χ3v) is 17.0. The average molecular weight is 745 g/mol. The van der Waals surface area contributed by atoms with Crippen molar-refractivity contribution in [1.82, 2.24) is 30.1 Å². The summed E-state index contributed by atoms with van der Waals surface area (Å²) < 4.78 is 35.0. The first kappa shape index (κ1) is 35.4. The molecule has 8 rings (SSSR count). The van der Waals surface area contributed by atoms with E-state index in [2.05, 4.69) is 107 Å². The van der Waals surface area contributed by atoms with Gasteiger partial charge in [-0.15, -0.1) is 0 Å². The highest BCUT2D eigenvalue weighted by Crippen LogP contribution is 2.44. The number of nitrogens with one attached hydrogen (secondary N) is 1. The van der Waals surface area contributed by atoms with E-state index in [9.17, 15) is 4.79 Å². The molecule has 4 fully saturated rings. The molecule has 52 heavy (non-hydrogen) atoms. The van der Waals surface area contributed by atoms with Crippen molar-refractivity contribution in [1.29, 1.82) is 0 Å². The van der Waals surface area contributed by atoms with Crippen LogP contribution in [-0.2, 0) is 4.43 Å². The molecule has 1 N–H and O–H groups in total. The van der Waals surface area contributed by atoms with E-state index in [0.717, 1.165) is 45.1 Å². The van der Waals surface area contributed by atoms with Crippen LogP contribution in [0.5, 0.6) is 11.9 Å². The van der Waals surface area contributed by atoms with Gasteiger partial charge in [-0.1, -0.05) is 93.0 Å². The van der Waals surface area contributed by atoms with Gasteiger partial charge in [0.2, 0.25) is 5.88 Å². The Balaban J connectivity index is 1.04. The van der Waals surface area contributed by atoms with E-state index in [1.54, 1.807) is 4.90 Å². The molecule has 0 saturated carbocycles. The van der Waals surface area contributed by atoms with Crippen molar-refractivity contribution < 1.29 is 23.1 Å². The topological polar surface area (TPSA) is 102 Å². The van der Waals surface area contributed by atoms with Gasteiger partial charge < -0.3 is 19.2 Å². The molecule has 2 unspecified atom stereocenters. The Hall–Kier alpha value is -3.68. The Kier molecular flexibility index (Phi) is 9.48. The number of hydrogen-bond acceptors (Lipinski definition) is 9. The van der Waals surface area contributed by atoms with E-state index in [-0.39, 0.29) is 56.6 Å². The Labute approximate surface area is 310 Å². The summed E-state index contributed by atoms with van der Waals surface area (Å²) in [7, 11) is -2.71. The predicted octanol–water partition coefficient (Wildman–Crippen LogP) is 5.70. The lowest BCUT2D eigenvalue weighted by molar-refractivity contribution is 0.0666. The minimum absolute atomic E-state index is 0.0442. The summed E-state index contributed by atoms with van der Waals surface area (Å²) in [5.74, 6) is -0.900. The highest BCUT2D eigenvalue weighted by molar-refractivity contribution is 6.99. The number of hydrogen-bond donors (Lipinski definition) is 1. The van der Waals surface area contributed by atoms with Crippen LogP contribution in [0, 0.1) is 5.82 Å². The van der Waals surface area contributed by atoms with Crippen LogP contribution in [0.15, 0.2) is 66.9 Å². The third-order valence-electron chi connectivity index (χ3n) is 11.8. The molecule has 2 bridgehead atoms. The van der Waals surface area contributed by atoms with Crippen LogP contribution in [-0.4, -0.2) is 95.7 Å². The third kappa shape index (κ3) is 6.15. The number of halogens is 2. The van der Waals surface area contributed by atoms with Gasteiger partial charge in [-0.3, -0.25) is 9.80 Å². The van der Waals surface area contributed by atoms with Gasteiger partial charge in [0, 0.05) is 37.4 Å². The van der Waals surface area contributed by atoms with Gasteiger partial charge in [0.25, 0.3) is 8.32 Å². The van der Waals surface area contributed by atoms with Crippen LogP contribution in [0.25, 0.3) is 10.9 Å². The summed E-state index contributed by atoms with van der Waals surface area (Å²) in [6.45, 7) is 10.2. The first-order chi connectivity index (χ1) is 25.1. The summed E-state index contributed by atoms with van der Waals surface area (Å²) >= 11 is 6.08. The van der Waals surface area contributed by atoms with Crippen molar-refractivity contribution in [3.05, 3.63) is 77.8 Å². The number of carbonyl (C=O) groups excluding carboxylic acids is 1. The number of benzene rings is 2. The zero-order chi connectivity index (χ0) is 36.1. The van der Waals surface area contributed by atoms with E-state index in [4.69, 9.17) is 25.5 Å². The maximum atomic E-state index is 15.4. The van der Waals surface area contributed by atoms with Gasteiger partial charge in [0.05, 0.1) is 17.5 Å². The number of fused-ring (bicyclic) bond motifs is 4. The van der Waals surface area contributed by atoms with Gasteiger partial charge in [0.1, 0.15) is 12.1 Å². The second kappa shape index (κ2) is 13.9. The fourth-order valence-electron chi connectivity index (χ4n) is 9.31. The fraction of sp³-hybridized carbons (Fsp3) is 0.487. The normalized spacial score (nSPS) is 24.7. The number of amides is 1. The Morgan fingerprint density at radius 3 is 2.33 bits per heavy atom. The highest BCUT2D eigenvalue weighted by Gasteiger charge is 2.54. The molecule has 10 nitrogen and oxygen atoms in total. The summed E-state index contributed by atoms with van der Waals surface area (Å²) in [6.07, 6.45) is 6.50. The molecule has 2 aromatic carbocycles. The lowest BCUT2D eigenvalue weighted by atomic mass is 9.95. The maximum absolute atomic E-state index is 15.4. The summed E-state index contributed by atoms with van der Waals surface area (Å²) in [4.78, 5) is 30.7. The number of pyridine rings is 1. The molecule has 2 aromatic heterocycles. The second-order valence-electron chi connectivity index (χ2n) is 15.7. The van der Waals surface area contributed by atoms with E-state index < -0.39 is 20.2 Å². The minimum atomic E-state index is -2.71. The molecule has 274 valence electrons. The molecule has 0 radical (unpaired) electrons. The van der Waals surface area contributed by atoms with Crippen LogP contribution in [0.2, 0.25) is 10.2 Å². The summed E-state index contributed by atoms with van der Waals surface area (Å²) in [5, 5.41) is 5.61. The van der Waals surface area contributed by atoms with Crippen molar-refractivity contribution in [2.45, 2.75) is 88.0 Å². The molecule has 13 heteroatoms. The van der Waals surface area contributed by atoms with E-state index in [0.29, 0.717) is 26.3 Å². The van der Waals surface area contributed by atoms with Crippen LogP contribution < -0.4 is 25.2 Å². The quantitative estimate of drug-likeness (QED) is 0.171. The molecule has 0 spiro atoms. The number of aromatic nitrogens is 3. The Morgan fingerprint density at radius 1 is 1.00 bits per heavy atom. The maximum Gasteiger partial charge on any atom is 0.417 e. The molecule has 4 aromatic rings. The molecule has 4 saturated heterocycles. The number of carbonyl (C=O) groups is 1. The average Bonchev–Trinajstić information content (AvgIpc) is 3.79. The number of piperazine rings is 1. The van der Waals surface area contributed by atoms with E-state index in [1.165, 1.54) is 16.6 Å². The van der Waals surface area contributed by atoms with Gasteiger partial charge in [0.15, 0.2) is 11.0 Å². The van der Waals surface area contributed by atoms with Crippen molar-refractivity contribution in [3.8, 4) is 11.9 Å². The second-order valence-corrected chi connectivity index (χ2v) is 20.4. The number of nitrogens with zero attached hydrogens (tertiary/aromatic N) is 5. The van der Waals surface area contributed by atoms with Gasteiger partial charge >= 0.3 is 12.1 Å². The Morgan fingerprint density at radius 2 is 1.67 bits per heavy atom. The summed E-state index contributed by atoms with van der Waals surface area (Å²) in [5.41, 5.74) is -0.344. The summed E-state index contributed by atoms with van der Waals surface area (Å²) in [6, 6.07) is 21.7. The number of ether oxygens (including phenoxy) is 2. The molecular weight excluding hydrogens is 699 g/mol. The zero-order valence-corrected chi connectivity index (χ0v) is 31.7. The van der Waals surface area contributed by atoms with Crippen molar-refractivity contribution in [3.63, 3.8) is 0 Å². The van der Waals surface area contributed by atoms with Gasteiger partial charge in [-0.25, -0.2) is 14.2 Å². The van der Waals surface area contributed by atoms with Crippen LogP contribution >= 0.6 is 11.6 Å². The van der Waals surface area contributed by atoms with Crippen molar-refractivity contribution >= 4 is 47.3 Å². The molecule has 4 atom stereocenters. The lowest BCUT2D eigenvalue weighted by Gasteiger charge is -2.44. The largest absolute Gasteiger partial charge is 0.461 e. The molecular formula is C39H46ClFN6O4Si. The standard InChI is InChI=1S/C39H46ClFN6O4Si/c1-38(2,3)52(29-11-6-4-7-12-29,30-13-8-5-9-14-30)50-24-28-17-19-39(18-10-20-46(28)39)25-49-36-44-33-31(23-43-34(40)32(33)41)35(45-36)51-37(48)47-26-15-16-27(47)22-42-21-26/h4-9,11-14,23,26-28,42H,10,15-22,24-25H2,1-3H3/t26?,27?,28-,39+/m0/s1. The molecule has 0 aliphatic carbocycles. The molecule has 4 aliphatic rings. The number of rotatable bonds is 9. The van der Waals surface area contributed by atoms with E-state index >= 15 is 4.39 Å². The van der Waals surface area contributed by atoms with E-state index in [1.807, 2.05) is 0 Å². The van der Waals surface area contributed by atoms with Gasteiger partial charge in [-0.2, -0.15) is 9.97 Å². The monoisotopic (exact) mass is 744 g/mol. The first-order valence-electron chi connectivity index (χ1n) is 18.5. The van der Waals surface area contributed by atoms with Crippen molar-refractivity contribution in [2.24, 2.45) is 0 Å².